The highest BCUT2D eigenvalue weighted by atomic mass is 32.2. The molecule has 0 radical (unpaired) electrons. The smallest absolute Gasteiger partial charge is 0.248 e. The summed E-state index contributed by atoms with van der Waals surface area (Å²) in [4.78, 5) is 6.71. The molecule has 0 fully saturated rings. The summed E-state index contributed by atoms with van der Waals surface area (Å²) in [5, 5.41) is -0.529. The first kappa shape index (κ1) is 16.2. The lowest BCUT2D eigenvalue weighted by Crippen LogP contribution is -2.12. The Morgan fingerprint density at radius 3 is 2.14 bits per heavy atom. The highest BCUT2D eigenvalue weighted by Gasteiger charge is 2.24. The Bertz CT molecular complexity index is 906. The Kier molecular flexibility index (Phi) is 4.07. The van der Waals surface area contributed by atoms with Crippen molar-refractivity contribution in [3.8, 4) is 5.75 Å². The number of hydrogen-bond acceptors (Lipinski definition) is 8. The molecule has 0 amide bonds. The molecule has 22 heavy (non-hydrogen) atoms. The zero-order valence-electron chi connectivity index (χ0n) is 11.7. The van der Waals surface area contributed by atoms with Gasteiger partial charge in [-0.1, -0.05) is 0 Å². The fourth-order valence-corrected chi connectivity index (χ4v) is 3.40. The van der Waals surface area contributed by atoms with Crippen LogP contribution in [0.25, 0.3) is 0 Å². The molecule has 0 aliphatic carbocycles. The van der Waals surface area contributed by atoms with Crippen molar-refractivity contribution in [3.63, 3.8) is 0 Å². The normalized spacial score (nSPS) is 12.1. The average molecular weight is 343 g/mol. The number of hydrogen-bond donors (Lipinski definition) is 1. The molecule has 0 saturated carbocycles. The minimum absolute atomic E-state index is 0.0318. The van der Waals surface area contributed by atoms with Gasteiger partial charge in [-0.25, -0.2) is 21.8 Å². The van der Waals surface area contributed by atoms with E-state index in [9.17, 15) is 16.8 Å². The van der Waals surface area contributed by atoms with Gasteiger partial charge < -0.3 is 10.5 Å². The Morgan fingerprint density at radius 2 is 1.68 bits per heavy atom. The van der Waals surface area contributed by atoms with Crippen LogP contribution in [0.1, 0.15) is 0 Å². The van der Waals surface area contributed by atoms with Crippen molar-refractivity contribution in [1.82, 2.24) is 9.97 Å². The van der Waals surface area contributed by atoms with Gasteiger partial charge in [0.2, 0.25) is 24.8 Å². The van der Waals surface area contributed by atoms with Gasteiger partial charge in [0, 0.05) is 6.26 Å². The van der Waals surface area contributed by atoms with E-state index in [0.29, 0.717) is 5.75 Å². The second-order valence-corrected chi connectivity index (χ2v) is 8.18. The first-order chi connectivity index (χ1) is 10.2. The molecular formula is C12H13N3O5S2. The minimum atomic E-state index is -3.96. The summed E-state index contributed by atoms with van der Waals surface area (Å²) in [6.45, 7) is 0. The number of methoxy groups -OCH3 is 1. The van der Waals surface area contributed by atoms with Crippen LogP contribution in [0, 0.1) is 0 Å². The molecule has 1 aromatic heterocycles. The molecule has 0 aliphatic heterocycles. The monoisotopic (exact) mass is 343 g/mol. The first-order valence-corrected chi connectivity index (χ1v) is 9.25. The summed E-state index contributed by atoms with van der Waals surface area (Å²) in [6.07, 6.45) is 1.79. The number of benzene rings is 1. The summed E-state index contributed by atoms with van der Waals surface area (Å²) in [5.41, 5.74) is 5.58. The van der Waals surface area contributed by atoms with Crippen molar-refractivity contribution in [1.29, 1.82) is 0 Å². The van der Waals surface area contributed by atoms with Crippen LogP contribution in [-0.2, 0) is 19.7 Å². The fraction of sp³-hybridized carbons (Fsp3) is 0.167. The summed E-state index contributed by atoms with van der Waals surface area (Å²) >= 11 is 0. The Balaban J connectivity index is 2.54. The summed E-state index contributed by atoms with van der Waals surface area (Å²) in [5.74, 6) is 0.0711. The molecule has 1 aromatic carbocycles. The predicted octanol–water partition coefficient (Wildman–Crippen LogP) is 0.304. The Morgan fingerprint density at radius 1 is 1.09 bits per heavy atom. The minimum Gasteiger partial charge on any atom is -0.497 e. The number of aromatic nitrogens is 2. The van der Waals surface area contributed by atoms with E-state index in [1.54, 1.807) is 0 Å². The number of nitrogen functional groups attached to an aromatic ring is 1. The van der Waals surface area contributed by atoms with Gasteiger partial charge in [0.1, 0.15) is 16.5 Å². The third-order valence-corrected chi connectivity index (χ3v) is 5.40. The maximum absolute atomic E-state index is 12.5. The molecule has 2 aromatic rings. The van der Waals surface area contributed by atoms with Crippen molar-refractivity contribution >= 4 is 25.5 Å². The van der Waals surface area contributed by atoms with Crippen LogP contribution in [-0.4, -0.2) is 40.2 Å². The summed E-state index contributed by atoms with van der Waals surface area (Å²) in [7, 11) is -6.17. The molecule has 0 atom stereocenters. The molecule has 118 valence electrons. The number of sulfone groups is 2. The van der Waals surface area contributed by atoms with E-state index in [1.165, 1.54) is 31.4 Å². The van der Waals surface area contributed by atoms with E-state index >= 15 is 0 Å². The van der Waals surface area contributed by atoms with E-state index in [-0.39, 0.29) is 9.79 Å². The van der Waals surface area contributed by atoms with E-state index in [2.05, 4.69) is 9.97 Å². The average Bonchev–Trinajstić information content (AvgIpc) is 2.46. The van der Waals surface area contributed by atoms with Gasteiger partial charge in [-0.05, 0) is 24.3 Å². The molecule has 0 aliphatic rings. The van der Waals surface area contributed by atoms with Gasteiger partial charge in [0.05, 0.1) is 18.2 Å². The molecule has 0 saturated heterocycles. The third-order valence-electron chi connectivity index (χ3n) is 2.75. The van der Waals surface area contributed by atoms with Crippen LogP contribution in [0.2, 0.25) is 0 Å². The van der Waals surface area contributed by atoms with Crippen molar-refractivity contribution in [2.45, 2.75) is 14.9 Å². The molecular weight excluding hydrogens is 330 g/mol. The second-order valence-electron chi connectivity index (χ2n) is 4.35. The zero-order valence-corrected chi connectivity index (χ0v) is 13.3. The maximum atomic E-state index is 12.5. The maximum Gasteiger partial charge on any atom is 0.248 e. The van der Waals surface area contributed by atoms with Crippen molar-refractivity contribution < 1.29 is 21.6 Å². The first-order valence-electron chi connectivity index (χ1n) is 5.88. The molecule has 0 spiro atoms. The predicted molar refractivity (Wildman–Crippen MR) is 78.0 cm³/mol. The third kappa shape index (κ3) is 3.02. The Labute approximate surface area is 127 Å². The lowest BCUT2D eigenvalue weighted by molar-refractivity contribution is 0.414. The van der Waals surface area contributed by atoms with Gasteiger partial charge in [0.15, 0.2) is 0 Å². The van der Waals surface area contributed by atoms with Crippen molar-refractivity contribution in [2.24, 2.45) is 0 Å². The highest BCUT2D eigenvalue weighted by molar-refractivity contribution is 7.91. The van der Waals surface area contributed by atoms with Crippen LogP contribution in [0.3, 0.4) is 0 Å². The molecule has 2 N–H and O–H groups in total. The van der Waals surface area contributed by atoms with E-state index in [4.69, 9.17) is 10.5 Å². The fourth-order valence-electron chi connectivity index (χ4n) is 1.63. The Hall–Kier alpha value is -2.20. The molecule has 0 unspecified atom stereocenters. The largest absolute Gasteiger partial charge is 0.497 e. The molecule has 8 nitrogen and oxygen atoms in total. The van der Waals surface area contributed by atoms with Crippen molar-refractivity contribution in [2.75, 3.05) is 19.1 Å². The lowest BCUT2D eigenvalue weighted by atomic mass is 10.3. The van der Waals surface area contributed by atoms with Crippen LogP contribution < -0.4 is 10.5 Å². The number of nitrogens with two attached hydrogens (primary N) is 1. The van der Waals surface area contributed by atoms with E-state index < -0.39 is 30.6 Å². The number of ether oxygens (including phenoxy) is 1. The zero-order chi connectivity index (χ0) is 16.5. The van der Waals surface area contributed by atoms with Gasteiger partial charge in [-0.15, -0.1) is 0 Å². The van der Waals surface area contributed by atoms with E-state index in [1.807, 2.05) is 0 Å². The standard InChI is InChI=1S/C12H13N3O5S2/c1-20-8-3-5-9(6-4-8)22(18,19)10-7-14-12(15-11(10)13)21(2,16)17/h3-7H,1-2H3,(H2,13,14,15). The SMILES string of the molecule is COc1ccc(S(=O)(=O)c2cnc(S(C)(=O)=O)nc2N)cc1. The summed E-state index contributed by atoms with van der Waals surface area (Å²) < 4.78 is 52.6. The van der Waals surface area contributed by atoms with Crippen LogP contribution in [0.4, 0.5) is 5.82 Å². The van der Waals surface area contributed by atoms with Gasteiger partial charge in [-0.3, -0.25) is 0 Å². The number of nitrogens with zero attached hydrogens (tertiary/aromatic N) is 2. The molecule has 10 heteroatoms. The quantitative estimate of drug-likeness (QED) is 0.785. The molecule has 2 rings (SSSR count). The topological polar surface area (TPSA) is 129 Å². The van der Waals surface area contributed by atoms with Crippen LogP contribution in [0.5, 0.6) is 5.75 Å². The van der Waals surface area contributed by atoms with Gasteiger partial charge in [0.25, 0.3) is 0 Å². The van der Waals surface area contributed by atoms with Crippen LogP contribution in [0.15, 0.2) is 45.4 Å². The van der Waals surface area contributed by atoms with Crippen LogP contribution >= 0.6 is 0 Å². The lowest BCUT2D eigenvalue weighted by Gasteiger charge is -2.08. The second kappa shape index (κ2) is 5.54. The summed E-state index contributed by atoms with van der Waals surface area (Å²) in [6, 6.07) is 5.65. The highest BCUT2D eigenvalue weighted by Crippen LogP contribution is 2.26. The van der Waals surface area contributed by atoms with Crippen molar-refractivity contribution in [3.05, 3.63) is 30.5 Å². The number of anilines is 1. The van der Waals surface area contributed by atoms with E-state index in [0.717, 1.165) is 12.5 Å². The number of rotatable bonds is 4. The van der Waals surface area contributed by atoms with Gasteiger partial charge in [-0.2, -0.15) is 4.98 Å². The molecule has 1 heterocycles. The molecule has 0 bridgehead atoms. The van der Waals surface area contributed by atoms with Gasteiger partial charge >= 0.3 is 0 Å².